The monoisotopic (exact) mass is 322 g/mol. The van der Waals surface area contributed by atoms with Crippen LogP contribution >= 0.6 is 0 Å². The van der Waals surface area contributed by atoms with Crippen molar-refractivity contribution in [3.05, 3.63) is 59.4 Å². The molecule has 0 aromatic heterocycles. The van der Waals surface area contributed by atoms with Crippen LogP contribution in [0.15, 0.2) is 42.5 Å². The molecule has 0 aliphatic carbocycles. The van der Waals surface area contributed by atoms with E-state index in [-0.39, 0.29) is 69.6 Å². The predicted molar refractivity (Wildman–Crippen MR) is 70.6 cm³/mol. The summed E-state index contributed by atoms with van der Waals surface area (Å²) in [5.74, 6) is -0.589. The Bertz CT molecular complexity index is 616. The molecule has 0 aliphatic rings. The molecule has 0 unspecified atom stereocenters. The molecule has 0 radical (unpaired) electrons. The van der Waals surface area contributed by atoms with Crippen molar-refractivity contribution < 1.29 is 73.5 Å². The van der Waals surface area contributed by atoms with Crippen molar-refractivity contribution >= 4 is 12.4 Å². The standard InChI is InChI=1S/C14H12BF4O.K/c1-10-8-12(16)7-6-11(10)9-20-14-5-3-2-4-13(14)15(17,18)19;/h2-8H,9H2,1H3;/q-1;+1. The second-order valence-corrected chi connectivity index (χ2v) is 4.47. The molecule has 0 amide bonds. The van der Waals surface area contributed by atoms with Crippen LogP contribution in [-0.2, 0) is 6.61 Å². The number of hydrogen-bond acceptors (Lipinski definition) is 1. The van der Waals surface area contributed by atoms with Gasteiger partial charge in [-0.05, 0) is 36.2 Å². The molecule has 0 bridgehead atoms. The number of halogens is 4. The molecule has 2 aromatic carbocycles. The smallest absolute Gasteiger partial charge is 0.492 e. The summed E-state index contributed by atoms with van der Waals surface area (Å²) in [6.07, 6.45) is 0. The molecule has 0 saturated heterocycles. The zero-order valence-electron chi connectivity index (χ0n) is 11.7. The van der Waals surface area contributed by atoms with Gasteiger partial charge in [-0.1, -0.05) is 29.7 Å². The molecular weight excluding hydrogens is 310 g/mol. The quantitative estimate of drug-likeness (QED) is 0.597. The molecule has 7 heteroatoms. The molecule has 0 aliphatic heterocycles. The molecule has 0 heterocycles. The Morgan fingerprint density at radius 1 is 1.05 bits per heavy atom. The van der Waals surface area contributed by atoms with Gasteiger partial charge in [0.05, 0.1) is 5.75 Å². The maximum Gasteiger partial charge on any atom is 1.00 e. The summed E-state index contributed by atoms with van der Waals surface area (Å²) in [4.78, 5) is 0. The van der Waals surface area contributed by atoms with Crippen LogP contribution in [0, 0.1) is 12.7 Å². The SMILES string of the molecule is Cc1cc(F)ccc1COc1ccccc1[B-](F)(F)F.[K+]. The number of aryl methyl sites for hydroxylation is 1. The Balaban J connectivity index is 0.00000220. The van der Waals surface area contributed by atoms with E-state index in [0.717, 1.165) is 6.07 Å². The second-order valence-electron chi connectivity index (χ2n) is 4.47. The van der Waals surface area contributed by atoms with Crippen LogP contribution in [0.1, 0.15) is 11.1 Å². The van der Waals surface area contributed by atoms with Gasteiger partial charge in [-0.2, -0.15) is 0 Å². The van der Waals surface area contributed by atoms with Crippen molar-refractivity contribution in [2.75, 3.05) is 0 Å². The fraction of sp³-hybridized carbons (Fsp3) is 0.143. The Hall–Kier alpha value is -0.339. The number of rotatable bonds is 4. The molecule has 0 fully saturated rings. The van der Waals surface area contributed by atoms with Crippen LogP contribution in [0.2, 0.25) is 0 Å². The van der Waals surface area contributed by atoms with Crippen molar-refractivity contribution in [1.82, 2.24) is 0 Å². The van der Waals surface area contributed by atoms with Gasteiger partial charge in [0.1, 0.15) is 12.4 Å². The fourth-order valence-electron chi connectivity index (χ4n) is 1.86. The first-order valence-corrected chi connectivity index (χ1v) is 6.04. The Morgan fingerprint density at radius 3 is 2.33 bits per heavy atom. The number of benzene rings is 2. The fourth-order valence-corrected chi connectivity index (χ4v) is 1.86. The molecule has 2 aromatic rings. The van der Waals surface area contributed by atoms with Crippen molar-refractivity contribution in [2.24, 2.45) is 0 Å². The number of hydrogen-bond donors (Lipinski definition) is 0. The Morgan fingerprint density at radius 2 is 1.71 bits per heavy atom. The molecule has 0 atom stereocenters. The van der Waals surface area contributed by atoms with Crippen LogP contribution in [0.25, 0.3) is 0 Å². The predicted octanol–water partition coefficient (Wildman–Crippen LogP) is 0.772. The van der Waals surface area contributed by atoms with Crippen LogP contribution in [-0.4, -0.2) is 6.98 Å². The van der Waals surface area contributed by atoms with E-state index in [0.29, 0.717) is 11.1 Å². The van der Waals surface area contributed by atoms with Gasteiger partial charge in [0, 0.05) is 0 Å². The van der Waals surface area contributed by atoms with Gasteiger partial charge in [-0.3, -0.25) is 0 Å². The molecule has 106 valence electrons. The van der Waals surface area contributed by atoms with E-state index in [2.05, 4.69) is 0 Å². The third kappa shape index (κ3) is 5.10. The molecular formula is C14H12BF4KO. The van der Waals surface area contributed by atoms with Gasteiger partial charge in [-0.15, -0.1) is 0 Å². The summed E-state index contributed by atoms with van der Waals surface area (Å²) in [5.41, 5.74) is 0.531. The Labute approximate surface area is 163 Å². The Kier molecular flexibility index (Phi) is 6.93. The number of para-hydroxylation sites is 1. The van der Waals surface area contributed by atoms with E-state index in [4.69, 9.17) is 4.74 Å². The van der Waals surface area contributed by atoms with Gasteiger partial charge in [0.15, 0.2) is 0 Å². The zero-order valence-corrected chi connectivity index (χ0v) is 14.9. The maximum atomic E-state index is 12.9. The van der Waals surface area contributed by atoms with Crippen molar-refractivity contribution in [3.8, 4) is 5.75 Å². The maximum absolute atomic E-state index is 12.9. The summed E-state index contributed by atoms with van der Waals surface area (Å²) in [7, 11) is 0. The van der Waals surface area contributed by atoms with Crippen molar-refractivity contribution in [2.45, 2.75) is 13.5 Å². The third-order valence-corrected chi connectivity index (χ3v) is 2.96. The minimum atomic E-state index is -5.12. The minimum absolute atomic E-state index is 0. The second kappa shape index (κ2) is 7.78. The minimum Gasteiger partial charge on any atom is -0.492 e. The molecule has 0 spiro atoms. The molecule has 1 nitrogen and oxygen atoms in total. The van der Waals surface area contributed by atoms with Crippen LogP contribution in [0.5, 0.6) is 5.75 Å². The summed E-state index contributed by atoms with van der Waals surface area (Å²) in [6.45, 7) is -3.47. The van der Waals surface area contributed by atoms with Crippen LogP contribution < -0.4 is 61.6 Å². The third-order valence-electron chi connectivity index (χ3n) is 2.96. The van der Waals surface area contributed by atoms with E-state index in [1.54, 1.807) is 6.92 Å². The van der Waals surface area contributed by atoms with Crippen LogP contribution in [0.3, 0.4) is 0 Å². The van der Waals surface area contributed by atoms with Gasteiger partial charge in [0.2, 0.25) is 0 Å². The average molecular weight is 322 g/mol. The molecule has 0 N–H and O–H groups in total. The summed E-state index contributed by atoms with van der Waals surface area (Å²) in [5, 5.41) is 0. The average Bonchev–Trinajstić information content (AvgIpc) is 2.37. The first kappa shape index (κ1) is 18.7. The summed E-state index contributed by atoms with van der Waals surface area (Å²) >= 11 is 0. The van der Waals surface area contributed by atoms with Gasteiger partial charge in [0.25, 0.3) is 0 Å². The topological polar surface area (TPSA) is 9.23 Å². The van der Waals surface area contributed by atoms with Crippen molar-refractivity contribution in [1.29, 1.82) is 0 Å². The van der Waals surface area contributed by atoms with E-state index in [9.17, 15) is 17.3 Å². The molecule has 2 rings (SSSR count). The largest absolute Gasteiger partial charge is 1.00 e. The van der Waals surface area contributed by atoms with E-state index in [1.807, 2.05) is 0 Å². The normalized spacial score (nSPS) is 10.9. The van der Waals surface area contributed by atoms with Gasteiger partial charge >= 0.3 is 58.4 Å². The molecule has 0 saturated carbocycles. The van der Waals surface area contributed by atoms with Gasteiger partial charge < -0.3 is 17.7 Å². The zero-order chi connectivity index (χ0) is 14.8. The van der Waals surface area contributed by atoms with Crippen LogP contribution in [0.4, 0.5) is 17.3 Å². The van der Waals surface area contributed by atoms with Crippen molar-refractivity contribution in [3.63, 3.8) is 0 Å². The number of ether oxygens (including phenoxy) is 1. The first-order valence-electron chi connectivity index (χ1n) is 6.04. The van der Waals surface area contributed by atoms with Gasteiger partial charge in [-0.25, -0.2) is 4.39 Å². The summed E-state index contributed by atoms with van der Waals surface area (Å²) in [6, 6.07) is 9.16. The molecule has 21 heavy (non-hydrogen) atoms. The van der Waals surface area contributed by atoms with E-state index < -0.39 is 12.4 Å². The summed E-state index contributed by atoms with van der Waals surface area (Å²) < 4.78 is 56.7. The van der Waals surface area contributed by atoms with E-state index in [1.165, 1.54) is 36.4 Å². The first-order chi connectivity index (χ1) is 9.38. The van der Waals surface area contributed by atoms with E-state index >= 15 is 0 Å².